The SMILES string of the molecule is CC1COCCN1c1cc(-c2cccnc2C(F)(F)F)n2ncc(C3CC=NN3)c2n1. The monoisotopic (exact) mass is 431 g/mol. The van der Waals surface area contributed by atoms with Gasteiger partial charge < -0.3 is 15.1 Å². The third kappa shape index (κ3) is 3.48. The summed E-state index contributed by atoms with van der Waals surface area (Å²) < 4.78 is 48.2. The van der Waals surface area contributed by atoms with Crippen LogP contribution in [0, 0.1) is 0 Å². The highest BCUT2D eigenvalue weighted by Crippen LogP contribution is 2.37. The van der Waals surface area contributed by atoms with Crippen LogP contribution in [0.1, 0.15) is 30.6 Å². The highest BCUT2D eigenvalue weighted by Gasteiger charge is 2.36. The van der Waals surface area contributed by atoms with Crippen LogP contribution in [0.4, 0.5) is 19.0 Å². The second-order valence-corrected chi connectivity index (χ2v) is 7.58. The van der Waals surface area contributed by atoms with Crippen molar-refractivity contribution in [2.75, 3.05) is 24.7 Å². The highest BCUT2D eigenvalue weighted by atomic mass is 19.4. The quantitative estimate of drug-likeness (QED) is 0.687. The van der Waals surface area contributed by atoms with E-state index in [4.69, 9.17) is 9.72 Å². The van der Waals surface area contributed by atoms with E-state index in [0.717, 1.165) is 11.8 Å². The Morgan fingerprint density at radius 3 is 2.90 bits per heavy atom. The van der Waals surface area contributed by atoms with Gasteiger partial charge in [-0.05, 0) is 19.1 Å². The van der Waals surface area contributed by atoms with Crippen LogP contribution in [0.25, 0.3) is 16.9 Å². The minimum atomic E-state index is -4.60. The van der Waals surface area contributed by atoms with Crippen molar-refractivity contribution in [2.24, 2.45) is 5.10 Å². The number of halogens is 3. The fourth-order valence-electron chi connectivity index (χ4n) is 4.01. The van der Waals surface area contributed by atoms with E-state index < -0.39 is 11.9 Å². The number of anilines is 1. The van der Waals surface area contributed by atoms with Gasteiger partial charge in [0.1, 0.15) is 5.82 Å². The van der Waals surface area contributed by atoms with Crippen LogP contribution in [0.15, 0.2) is 35.7 Å². The predicted octanol–water partition coefficient (Wildman–Crippen LogP) is 3.06. The van der Waals surface area contributed by atoms with Crippen molar-refractivity contribution in [1.82, 2.24) is 25.0 Å². The topological polar surface area (TPSA) is 79.9 Å². The van der Waals surface area contributed by atoms with Crippen LogP contribution in [-0.4, -0.2) is 51.6 Å². The molecule has 5 rings (SSSR count). The summed E-state index contributed by atoms with van der Waals surface area (Å²) in [6, 6.07) is 4.45. The Morgan fingerprint density at radius 2 is 2.16 bits per heavy atom. The molecule has 2 atom stereocenters. The summed E-state index contributed by atoms with van der Waals surface area (Å²) >= 11 is 0. The molecule has 162 valence electrons. The van der Waals surface area contributed by atoms with Gasteiger partial charge in [0.05, 0.1) is 37.2 Å². The molecule has 0 radical (unpaired) electrons. The molecule has 3 aromatic rings. The number of rotatable bonds is 3. The molecule has 0 bridgehead atoms. The van der Waals surface area contributed by atoms with Crippen molar-refractivity contribution < 1.29 is 17.9 Å². The molecule has 11 heteroatoms. The van der Waals surface area contributed by atoms with Crippen LogP contribution < -0.4 is 10.3 Å². The van der Waals surface area contributed by atoms with Gasteiger partial charge in [-0.25, -0.2) is 9.50 Å². The standard InChI is InChI=1S/C20H20F3N7O/c1-12-11-31-8-7-29(12)17-9-16(13-3-2-5-24-18(13)20(21,22)23)30-19(27-17)14(10-26-30)15-4-6-25-28-15/h2-3,5-6,9-10,12,15,28H,4,7-8,11H2,1H3. The first-order valence-corrected chi connectivity index (χ1v) is 9.96. The maximum atomic E-state index is 13.7. The van der Waals surface area contributed by atoms with Gasteiger partial charge in [-0.1, -0.05) is 0 Å². The largest absolute Gasteiger partial charge is 0.434 e. The van der Waals surface area contributed by atoms with Crippen molar-refractivity contribution in [3.8, 4) is 11.3 Å². The molecule has 1 N–H and O–H groups in total. The molecule has 1 fully saturated rings. The Balaban J connectivity index is 1.74. The number of nitrogens with one attached hydrogen (secondary N) is 1. The number of ether oxygens (including phenoxy) is 1. The Morgan fingerprint density at radius 1 is 1.29 bits per heavy atom. The summed E-state index contributed by atoms with van der Waals surface area (Å²) in [7, 11) is 0. The Labute approximate surface area is 175 Å². The van der Waals surface area contributed by atoms with E-state index in [1.54, 1.807) is 18.5 Å². The van der Waals surface area contributed by atoms with E-state index in [0.29, 0.717) is 37.6 Å². The molecule has 2 aliphatic rings. The van der Waals surface area contributed by atoms with Gasteiger partial charge in [-0.3, -0.25) is 4.98 Å². The molecule has 3 aromatic heterocycles. The van der Waals surface area contributed by atoms with E-state index in [2.05, 4.69) is 20.6 Å². The number of aromatic nitrogens is 4. The molecule has 0 saturated carbocycles. The van der Waals surface area contributed by atoms with Crippen LogP contribution >= 0.6 is 0 Å². The van der Waals surface area contributed by atoms with Gasteiger partial charge in [0.15, 0.2) is 11.3 Å². The summed E-state index contributed by atoms with van der Waals surface area (Å²) in [6.07, 6.45) is 0.580. The number of pyridine rings is 1. The summed E-state index contributed by atoms with van der Waals surface area (Å²) in [6.45, 7) is 3.64. The van der Waals surface area contributed by atoms with E-state index in [1.807, 2.05) is 11.8 Å². The maximum Gasteiger partial charge on any atom is 0.434 e. The van der Waals surface area contributed by atoms with Gasteiger partial charge in [0, 0.05) is 42.6 Å². The number of alkyl halides is 3. The van der Waals surface area contributed by atoms with Gasteiger partial charge in [0.2, 0.25) is 0 Å². The van der Waals surface area contributed by atoms with E-state index >= 15 is 0 Å². The van der Waals surface area contributed by atoms with Gasteiger partial charge in [-0.2, -0.15) is 23.4 Å². The molecule has 0 aliphatic carbocycles. The lowest BCUT2D eigenvalue weighted by molar-refractivity contribution is -0.140. The van der Waals surface area contributed by atoms with Crippen molar-refractivity contribution in [2.45, 2.75) is 31.6 Å². The molecule has 31 heavy (non-hydrogen) atoms. The first-order chi connectivity index (χ1) is 14.9. The number of hydrogen-bond donors (Lipinski definition) is 1. The van der Waals surface area contributed by atoms with Crippen LogP contribution in [0.2, 0.25) is 0 Å². The van der Waals surface area contributed by atoms with Crippen LogP contribution in [0.5, 0.6) is 0 Å². The first-order valence-electron chi connectivity index (χ1n) is 9.96. The summed E-state index contributed by atoms with van der Waals surface area (Å²) in [5.41, 5.74) is 3.55. The Hall–Kier alpha value is -3.21. The predicted molar refractivity (Wildman–Crippen MR) is 108 cm³/mol. The lowest BCUT2D eigenvalue weighted by atomic mass is 10.1. The van der Waals surface area contributed by atoms with Crippen molar-refractivity contribution in [1.29, 1.82) is 0 Å². The lowest BCUT2D eigenvalue weighted by Crippen LogP contribution is -2.44. The van der Waals surface area contributed by atoms with Crippen LogP contribution in [-0.2, 0) is 10.9 Å². The average Bonchev–Trinajstić information content (AvgIpc) is 3.42. The molecule has 0 amide bonds. The van der Waals surface area contributed by atoms with E-state index in [1.165, 1.54) is 16.6 Å². The molecule has 2 unspecified atom stereocenters. The highest BCUT2D eigenvalue weighted by molar-refractivity contribution is 5.72. The van der Waals surface area contributed by atoms with Gasteiger partial charge in [-0.15, -0.1) is 0 Å². The number of hydrogen-bond acceptors (Lipinski definition) is 7. The van der Waals surface area contributed by atoms with Gasteiger partial charge in [0.25, 0.3) is 0 Å². The van der Waals surface area contributed by atoms with Crippen molar-refractivity contribution >= 4 is 17.7 Å². The number of nitrogens with zero attached hydrogens (tertiary/aromatic N) is 6. The summed E-state index contributed by atoms with van der Waals surface area (Å²) in [5.74, 6) is 0.580. The zero-order valence-electron chi connectivity index (χ0n) is 16.7. The zero-order chi connectivity index (χ0) is 21.6. The van der Waals surface area contributed by atoms with Gasteiger partial charge >= 0.3 is 6.18 Å². The molecule has 8 nitrogen and oxygen atoms in total. The molecule has 0 aromatic carbocycles. The maximum absolute atomic E-state index is 13.7. The van der Waals surface area contributed by atoms with Crippen molar-refractivity contribution in [3.63, 3.8) is 0 Å². The Bertz CT molecular complexity index is 1140. The first kappa shape index (κ1) is 19.7. The van der Waals surface area contributed by atoms with E-state index in [-0.39, 0.29) is 23.3 Å². The average molecular weight is 431 g/mol. The van der Waals surface area contributed by atoms with Crippen molar-refractivity contribution in [3.05, 3.63) is 41.9 Å². The normalized spacial score (nSPS) is 21.6. The minimum absolute atomic E-state index is 0.0341. The fourth-order valence-corrected chi connectivity index (χ4v) is 4.01. The molecular formula is C20H20F3N7O. The second-order valence-electron chi connectivity index (χ2n) is 7.58. The second kappa shape index (κ2) is 7.49. The lowest BCUT2D eigenvalue weighted by Gasteiger charge is -2.34. The molecule has 0 spiro atoms. The number of fused-ring (bicyclic) bond motifs is 1. The molecule has 2 aliphatic heterocycles. The fraction of sp³-hybridized carbons (Fsp3) is 0.400. The molecular weight excluding hydrogens is 411 g/mol. The smallest absolute Gasteiger partial charge is 0.377 e. The number of morpholine rings is 1. The summed E-state index contributed by atoms with van der Waals surface area (Å²) in [5, 5.41) is 8.44. The van der Waals surface area contributed by atoms with Crippen LogP contribution in [0.3, 0.4) is 0 Å². The minimum Gasteiger partial charge on any atom is -0.377 e. The Kier molecular flexibility index (Phi) is 4.77. The number of hydrazone groups is 1. The molecule has 1 saturated heterocycles. The van der Waals surface area contributed by atoms with E-state index in [9.17, 15) is 13.2 Å². The summed E-state index contributed by atoms with van der Waals surface area (Å²) in [4.78, 5) is 10.5. The third-order valence-electron chi connectivity index (χ3n) is 5.54. The molecule has 5 heterocycles. The third-order valence-corrected chi connectivity index (χ3v) is 5.54. The zero-order valence-corrected chi connectivity index (χ0v) is 16.7.